The summed E-state index contributed by atoms with van der Waals surface area (Å²) in [6, 6.07) is 4.22. The van der Waals surface area contributed by atoms with Gasteiger partial charge >= 0.3 is 6.18 Å². The van der Waals surface area contributed by atoms with Crippen LogP contribution in [0.5, 0.6) is 0 Å². The Morgan fingerprint density at radius 3 is 2.75 bits per heavy atom. The molecule has 0 saturated carbocycles. The number of piperazine rings is 1. The summed E-state index contributed by atoms with van der Waals surface area (Å²) in [5, 5.41) is 8.06. The predicted octanol–water partition coefficient (Wildman–Crippen LogP) is 2.71. The third kappa shape index (κ3) is 3.67. The summed E-state index contributed by atoms with van der Waals surface area (Å²) in [5.41, 5.74) is 0.0774. The van der Waals surface area contributed by atoms with E-state index < -0.39 is 11.9 Å². The van der Waals surface area contributed by atoms with Crippen LogP contribution in [0.3, 0.4) is 0 Å². The maximum absolute atomic E-state index is 13.6. The van der Waals surface area contributed by atoms with E-state index >= 15 is 0 Å². The molecule has 32 heavy (non-hydrogen) atoms. The molecule has 9 nitrogen and oxygen atoms in total. The Morgan fingerprint density at radius 1 is 1.12 bits per heavy atom. The minimum atomic E-state index is -4.59. The van der Waals surface area contributed by atoms with E-state index in [1.807, 2.05) is 11.8 Å². The van der Waals surface area contributed by atoms with E-state index in [0.29, 0.717) is 36.7 Å². The number of hydrogen-bond donors (Lipinski definition) is 0. The molecular weight excluding hydrogens is 423 g/mol. The maximum Gasteiger partial charge on any atom is 0.433 e. The minimum Gasteiger partial charge on any atom is -0.353 e. The smallest absolute Gasteiger partial charge is 0.353 e. The first-order chi connectivity index (χ1) is 15.4. The molecule has 164 valence electrons. The van der Waals surface area contributed by atoms with E-state index in [1.165, 1.54) is 6.20 Å². The molecule has 1 saturated heterocycles. The Balaban J connectivity index is 1.46. The van der Waals surface area contributed by atoms with Crippen LogP contribution in [0.4, 0.5) is 24.8 Å². The Morgan fingerprint density at radius 2 is 2.00 bits per heavy atom. The largest absolute Gasteiger partial charge is 0.433 e. The van der Waals surface area contributed by atoms with Crippen LogP contribution in [-0.4, -0.2) is 60.2 Å². The first-order valence-corrected chi connectivity index (χ1v) is 9.93. The summed E-state index contributed by atoms with van der Waals surface area (Å²) in [4.78, 5) is 20.5. The molecule has 1 aliphatic heterocycles. The van der Waals surface area contributed by atoms with Gasteiger partial charge in [-0.25, -0.2) is 15.0 Å². The van der Waals surface area contributed by atoms with Gasteiger partial charge in [-0.1, -0.05) is 0 Å². The fourth-order valence-corrected chi connectivity index (χ4v) is 3.79. The zero-order chi connectivity index (χ0) is 22.3. The normalized spacial score (nSPS) is 17.2. The summed E-state index contributed by atoms with van der Waals surface area (Å²) in [6.45, 7) is 3.44. The molecule has 0 amide bonds. The SMILES string of the molecule is CC1CN(c2cc(C(F)(F)F)nc(-c3cccnc3)n2)CCN1c1nccn2cnnc12. The van der Waals surface area contributed by atoms with Crippen LogP contribution in [0.25, 0.3) is 17.0 Å². The van der Waals surface area contributed by atoms with Crippen molar-refractivity contribution in [2.24, 2.45) is 0 Å². The molecule has 5 rings (SSSR count). The highest BCUT2D eigenvalue weighted by Gasteiger charge is 2.35. The molecule has 0 radical (unpaired) electrons. The van der Waals surface area contributed by atoms with Crippen molar-refractivity contribution in [1.29, 1.82) is 0 Å². The van der Waals surface area contributed by atoms with Crippen LogP contribution >= 0.6 is 0 Å². The lowest BCUT2D eigenvalue weighted by molar-refractivity contribution is -0.141. The van der Waals surface area contributed by atoms with Gasteiger partial charge in [-0.15, -0.1) is 10.2 Å². The second-order valence-electron chi connectivity index (χ2n) is 7.48. The number of halogens is 3. The van der Waals surface area contributed by atoms with Crippen molar-refractivity contribution in [2.45, 2.75) is 19.1 Å². The first-order valence-electron chi connectivity index (χ1n) is 9.93. The topological polar surface area (TPSA) is 88.2 Å². The summed E-state index contributed by atoms with van der Waals surface area (Å²) in [5.74, 6) is 0.908. The molecule has 0 aliphatic carbocycles. The van der Waals surface area contributed by atoms with Gasteiger partial charge in [-0.05, 0) is 19.1 Å². The van der Waals surface area contributed by atoms with Crippen LogP contribution < -0.4 is 9.80 Å². The van der Waals surface area contributed by atoms with Crippen LogP contribution in [0.2, 0.25) is 0 Å². The lowest BCUT2D eigenvalue weighted by Crippen LogP contribution is -2.53. The molecule has 4 aromatic rings. The van der Waals surface area contributed by atoms with Gasteiger partial charge in [0.15, 0.2) is 17.3 Å². The quantitative estimate of drug-likeness (QED) is 0.480. The predicted molar refractivity (Wildman–Crippen MR) is 110 cm³/mol. The van der Waals surface area contributed by atoms with Gasteiger partial charge in [0.05, 0.1) is 0 Å². The molecule has 4 aromatic heterocycles. The lowest BCUT2D eigenvalue weighted by Gasteiger charge is -2.41. The Bertz CT molecular complexity index is 1240. The van der Waals surface area contributed by atoms with Gasteiger partial charge in [0.2, 0.25) is 5.65 Å². The zero-order valence-corrected chi connectivity index (χ0v) is 17.0. The molecule has 1 aliphatic rings. The van der Waals surface area contributed by atoms with Gasteiger partial charge in [-0.2, -0.15) is 13.2 Å². The Labute approximate surface area is 180 Å². The van der Waals surface area contributed by atoms with Crippen LogP contribution in [0.1, 0.15) is 12.6 Å². The van der Waals surface area contributed by atoms with Crippen molar-refractivity contribution in [3.63, 3.8) is 0 Å². The van der Waals surface area contributed by atoms with Gasteiger partial charge in [-0.3, -0.25) is 9.38 Å². The number of pyridine rings is 1. The highest BCUT2D eigenvalue weighted by atomic mass is 19.4. The highest BCUT2D eigenvalue weighted by Crippen LogP contribution is 2.32. The molecule has 0 aromatic carbocycles. The Hall–Kier alpha value is -3.83. The standard InChI is InChI=1S/C20H18F3N9/c1-13-11-30(7-8-32(13)18-19-29-26-12-31(19)6-5-25-18)16-9-15(20(21,22)23)27-17(28-16)14-3-2-4-24-10-14/h2-6,9-10,12-13H,7-8,11H2,1H3. The fraction of sp³-hybridized carbons (Fsp3) is 0.300. The summed E-state index contributed by atoms with van der Waals surface area (Å²) in [7, 11) is 0. The van der Waals surface area contributed by atoms with E-state index in [-0.39, 0.29) is 17.7 Å². The second kappa shape index (κ2) is 7.70. The fourth-order valence-electron chi connectivity index (χ4n) is 3.79. The van der Waals surface area contributed by atoms with E-state index in [1.54, 1.807) is 41.5 Å². The molecule has 0 bridgehead atoms. The van der Waals surface area contributed by atoms with Gasteiger partial charge in [0.25, 0.3) is 0 Å². The average Bonchev–Trinajstić information content (AvgIpc) is 3.28. The number of fused-ring (bicyclic) bond motifs is 1. The molecule has 1 fully saturated rings. The molecule has 0 spiro atoms. The van der Waals surface area contributed by atoms with Gasteiger partial charge in [0, 0.05) is 62.1 Å². The zero-order valence-electron chi connectivity index (χ0n) is 17.0. The first kappa shape index (κ1) is 20.1. The van der Waals surface area contributed by atoms with E-state index in [9.17, 15) is 13.2 Å². The van der Waals surface area contributed by atoms with Crippen molar-refractivity contribution in [2.75, 3.05) is 29.4 Å². The Kier molecular flexibility index (Phi) is 4.83. The number of alkyl halides is 3. The highest BCUT2D eigenvalue weighted by molar-refractivity contribution is 5.65. The van der Waals surface area contributed by atoms with Crippen molar-refractivity contribution in [3.8, 4) is 11.4 Å². The average molecular weight is 441 g/mol. The second-order valence-corrected chi connectivity index (χ2v) is 7.48. The van der Waals surface area contributed by atoms with Crippen molar-refractivity contribution >= 4 is 17.3 Å². The molecule has 0 N–H and O–H groups in total. The number of aromatic nitrogens is 7. The molecule has 1 unspecified atom stereocenters. The third-order valence-corrected chi connectivity index (χ3v) is 5.34. The van der Waals surface area contributed by atoms with Gasteiger partial charge in [0.1, 0.15) is 12.1 Å². The van der Waals surface area contributed by atoms with Crippen molar-refractivity contribution in [3.05, 3.63) is 55.0 Å². The number of anilines is 2. The van der Waals surface area contributed by atoms with Crippen LogP contribution in [0.15, 0.2) is 49.3 Å². The van der Waals surface area contributed by atoms with E-state index in [4.69, 9.17) is 0 Å². The molecule has 12 heteroatoms. The number of hydrogen-bond acceptors (Lipinski definition) is 8. The molecule has 1 atom stereocenters. The number of nitrogens with zero attached hydrogens (tertiary/aromatic N) is 9. The summed E-state index contributed by atoms with van der Waals surface area (Å²) >= 11 is 0. The van der Waals surface area contributed by atoms with Crippen LogP contribution in [-0.2, 0) is 6.18 Å². The summed E-state index contributed by atoms with van der Waals surface area (Å²) in [6.07, 6.45) is 3.44. The van der Waals surface area contributed by atoms with Crippen molar-refractivity contribution < 1.29 is 13.2 Å². The molecular formula is C20H18F3N9. The van der Waals surface area contributed by atoms with Gasteiger partial charge < -0.3 is 9.80 Å². The minimum absolute atomic E-state index is 0.00657. The van der Waals surface area contributed by atoms with Crippen molar-refractivity contribution in [1.82, 2.24) is 34.5 Å². The molecule has 5 heterocycles. The van der Waals surface area contributed by atoms with E-state index in [2.05, 4.69) is 35.0 Å². The maximum atomic E-state index is 13.6. The van der Waals surface area contributed by atoms with Crippen LogP contribution in [0, 0.1) is 0 Å². The monoisotopic (exact) mass is 441 g/mol. The number of rotatable bonds is 3. The lowest BCUT2D eigenvalue weighted by atomic mass is 10.2. The summed E-state index contributed by atoms with van der Waals surface area (Å²) < 4.78 is 42.4. The third-order valence-electron chi connectivity index (χ3n) is 5.34. The van der Waals surface area contributed by atoms with E-state index in [0.717, 1.165) is 6.07 Å².